The molecule has 1 aromatic rings. The van der Waals surface area contributed by atoms with Gasteiger partial charge >= 0.3 is 0 Å². The molecular formula is C13H19NO4. The molecule has 1 aliphatic heterocycles. The lowest BCUT2D eigenvalue weighted by atomic mass is 10.1. The topological polar surface area (TPSA) is 60.0 Å². The summed E-state index contributed by atoms with van der Waals surface area (Å²) in [5.74, 6) is 2.12. The predicted octanol–water partition coefficient (Wildman–Crippen LogP) is 1.28. The minimum Gasteiger partial charge on any atom is -0.490 e. The summed E-state index contributed by atoms with van der Waals surface area (Å²) in [6.07, 6.45) is 0. The number of benzene rings is 1. The highest BCUT2D eigenvalue weighted by Crippen LogP contribution is 2.38. The fourth-order valence-electron chi connectivity index (χ4n) is 1.68. The summed E-state index contributed by atoms with van der Waals surface area (Å²) in [6, 6.07) is 3.71. The molecule has 0 aliphatic carbocycles. The molecule has 0 unspecified atom stereocenters. The minimum absolute atomic E-state index is 0.226. The van der Waals surface area contributed by atoms with Gasteiger partial charge in [-0.2, -0.15) is 0 Å². The molecule has 1 heterocycles. The molecule has 2 rings (SSSR count). The van der Waals surface area contributed by atoms with Crippen LogP contribution in [0.3, 0.4) is 0 Å². The SMILES string of the molecule is CNCc1cc2c(cc1OCC(C)(C)O)OCO2. The zero-order chi connectivity index (χ0) is 13.2. The fraction of sp³-hybridized carbons (Fsp3) is 0.538. The predicted molar refractivity (Wildman–Crippen MR) is 67.1 cm³/mol. The first-order chi connectivity index (χ1) is 8.49. The van der Waals surface area contributed by atoms with Crippen LogP contribution in [0.5, 0.6) is 17.2 Å². The van der Waals surface area contributed by atoms with Gasteiger partial charge in [0.1, 0.15) is 12.4 Å². The minimum atomic E-state index is -0.868. The van der Waals surface area contributed by atoms with E-state index in [1.165, 1.54) is 0 Å². The summed E-state index contributed by atoms with van der Waals surface area (Å²) in [6.45, 7) is 4.54. The summed E-state index contributed by atoms with van der Waals surface area (Å²) in [7, 11) is 1.87. The van der Waals surface area contributed by atoms with Crippen molar-refractivity contribution in [2.24, 2.45) is 0 Å². The normalized spacial score (nSPS) is 13.8. The Morgan fingerprint density at radius 2 is 2.00 bits per heavy atom. The second-order valence-electron chi connectivity index (χ2n) is 4.94. The van der Waals surface area contributed by atoms with E-state index in [4.69, 9.17) is 14.2 Å². The molecule has 0 saturated heterocycles. The summed E-state index contributed by atoms with van der Waals surface area (Å²) in [4.78, 5) is 0. The van der Waals surface area contributed by atoms with Crippen LogP contribution in [0.25, 0.3) is 0 Å². The molecule has 100 valence electrons. The van der Waals surface area contributed by atoms with Gasteiger partial charge in [0.15, 0.2) is 11.5 Å². The van der Waals surface area contributed by atoms with Gasteiger partial charge in [0.05, 0.1) is 5.60 Å². The number of fused-ring (bicyclic) bond motifs is 1. The van der Waals surface area contributed by atoms with Crippen molar-refractivity contribution in [2.75, 3.05) is 20.4 Å². The molecule has 1 aromatic carbocycles. The highest BCUT2D eigenvalue weighted by molar-refractivity contribution is 5.51. The number of nitrogens with one attached hydrogen (secondary N) is 1. The number of aliphatic hydroxyl groups is 1. The van der Waals surface area contributed by atoms with E-state index in [2.05, 4.69) is 5.32 Å². The van der Waals surface area contributed by atoms with Crippen LogP contribution in [0.4, 0.5) is 0 Å². The molecule has 5 heteroatoms. The summed E-state index contributed by atoms with van der Waals surface area (Å²) < 4.78 is 16.3. The van der Waals surface area contributed by atoms with Gasteiger partial charge in [-0.25, -0.2) is 0 Å². The molecule has 0 aromatic heterocycles. The number of hydrogen-bond donors (Lipinski definition) is 2. The molecule has 2 N–H and O–H groups in total. The van der Waals surface area contributed by atoms with Crippen molar-refractivity contribution in [3.63, 3.8) is 0 Å². The zero-order valence-electron chi connectivity index (χ0n) is 10.9. The Labute approximate surface area is 107 Å². The summed E-state index contributed by atoms with van der Waals surface area (Å²) in [5.41, 5.74) is 0.110. The Morgan fingerprint density at radius 3 is 2.61 bits per heavy atom. The van der Waals surface area contributed by atoms with Crippen LogP contribution in [-0.2, 0) is 6.54 Å². The van der Waals surface area contributed by atoms with Gasteiger partial charge in [0.25, 0.3) is 0 Å². The van der Waals surface area contributed by atoms with Crippen LogP contribution in [0.15, 0.2) is 12.1 Å². The van der Waals surface area contributed by atoms with E-state index in [1.807, 2.05) is 13.1 Å². The highest BCUT2D eigenvalue weighted by atomic mass is 16.7. The Kier molecular flexibility index (Phi) is 3.63. The van der Waals surface area contributed by atoms with Crippen LogP contribution in [0.1, 0.15) is 19.4 Å². The molecular weight excluding hydrogens is 234 g/mol. The zero-order valence-corrected chi connectivity index (χ0v) is 10.9. The molecule has 1 aliphatic rings. The lowest BCUT2D eigenvalue weighted by molar-refractivity contribution is 0.0280. The van der Waals surface area contributed by atoms with Crippen LogP contribution in [0.2, 0.25) is 0 Å². The van der Waals surface area contributed by atoms with Crippen LogP contribution in [-0.4, -0.2) is 31.2 Å². The van der Waals surface area contributed by atoms with E-state index in [1.54, 1.807) is 19.9 Å². The Bertz CT molecular complexity index is 426. The third-order valence-electron chi connectivity index (χ3n) is 2.50. The van der Waals surface area contributed by atoms with Gasteiger partial charge in [-0.15, -0.1) is 0 Å². The third kappa shape index (κ3) is 3.05. The van der Waals surface area contributed by atoms with Gasteiger partial charge < -0.3 is 24.6 Å². The van der Waals surface area contributed by atoms with E-state index < -0.39 is 5.60 Å². The van der Waals surface area contributed by atoms with Gasteiger partial charge in [-0.05, 0) is 27.0 Å². The first kappa shape index (κ1) is 13.0. The first-order valence-corrected chi connectivity index (χ1v) is 5.92. The van der Waals surface area contributed by atoms with Crippen molar-refractivity contribution in [3.8, 4) is 17.2 Å². The lowest BCUT2D eigenvalue weighted by Crippen LogP contribution is -2.28. The van der Waals surface area contributed by atoms with E-state index >= 15 is 0 Å². The summed E-state index contributed by atoms with van der Waals surface area (Å²) in [5, 5.41) is 12.8. The second-order valence-corrected chi connectivity index (χ2v) is 4.94. The van der Waals surface area contributed by atoms with Crippen molar-refractivity contribution in [1.29, 1.82) is 0 Å². The van der Waals surface area contributed by atoms with Crippen molar-refractivity contribution in [3.05, 3.63) is 17.7 Å². The number of ether oxygens (including phenoxy) is 3. The molecule has 0 amide bonds. The van der Waals surface area contributed by atoms with E-state index in [0.29, 0.717) is 18.0 Å². The Hall–Kier alpha value is -1.46. The molecule has 0 radical (unpaired) electrons. The smallest absolute Gasteiger partial charge is 0.231 e. The van der Waals surface area contributed by atoms with Crippen molar-refractivity contribution >= 4 is 0 Å². The van der Waals surface area contributed by atoms with Gasteiger partial charge in [-0.1, -0.05) is 0 Å². The Balaban J connectivity index is 2.21. The average Bonchev–Trinajstić information content (AvgIpc) is 2.72. The van der Waals surface area contributed by atoms with E-state index in [0.717, 1.165) is 11.3 Å². The van der Waals surface area contributed by atoms with E-state index in [-0.39, 0.29) is 13.4 Å². The van der Waals surface area contributed by atoms with E-state index in [9.17, 15) is 5.11 Å². The monoisotopic (exact) mass is 253 g/mol. The van der Waals surface area contributed by atoms with Crippen LogP contribution < -0.4 is 19.5 Å². The van der Waals surface area contributed by atoms with Gasteiger partial charge in [0.2, 0.25) is 6.79 Å². The fourth-order valence-corrected chi connectivity index (χ4v) is 1.68. The number of hydrogen-bond acceptors (Lipinski definition) is 5. The Morgan fingerprint density at radius 1 is 1.33 bits per heavy atom. The largest absolute Gasteiger partial charge is 0.490 e. The van der Waals surface area contributed by atoms with Crippen LogP contribution in [0, 0.1) is 0 Å². The standard InChI is InChI=1S/C13H19NO4/c1-13(2,15)7-16-10-5-12-11(17-8-18-12)4-9(10)6-14-3/h4-5,14-15H,6-8H2,1-3H3. The number of rotatable bonds is 5. The van der Waals surface area contributed by atoms with Gasteiger partial charge in [-0.3, -0.25) is 0 Å². The molecule has 5 nitrogen and oxygen atoms in total. The molecule has 0 fully saturated rings. The van der Waals surface area contributed by atoms with Crippen molar-refractivity contribution < 1.29 is 19.3 Å². The quantitative estimate of drug-likeness (QED) is 0.828. The highest BCUT2D eigenvalue weighted by Gasteiger charge is 2.20. The molecule has 0 atom stereocenters. The molecule has 0 bridgehead atoms. The molecule has 0 saturated carbocycles. The maximum Gasteiger partial charge on any atom is 0.231 e. The summed E-state index contributed by atoms with van der Waals surface area (Å²) >= 11 is 0. The third-order valence-corrected chi connectivity index (χ3v) is 2.50. The van der Waals surface area contributed by atoms with Gasteiger partial charge in [0, 0.05) is 18.2 Å². The average molecular weight is 253 g/mol. The maximum absolute atomic E-state index is 9.70. The maximum atomic E-state index is 9.70. The van der Waals surface area contributed by atoms with Crippen molar-refractivity contribution in [1.82, 2.24) is 5.32 Å². The lowest BCUT2D eigenvalue weighted by Gasteiger charge is -2.19. The first-order valence-electron chi connectivity index (χ1n) is 5.92. The molecule has 0 spiro atoms. The second kappa shape index (κ2) is 5.04. The van der Waals surface area contributed by atoms with Crippen LogP contribution >= 0.6 is 0 Å². The molecule has 18 heavy (non-hydrogen) atoms. The van der Waals surface area contributed by atoms with Crippen molar-refractivity contribution in [2.45, 2.75) is 26.0 Å².